The first kappa shape index (κ1) is 17.3. The summed E-state index contributed by atoms with van der Waals surface area (Å²) in [6.07, 6.45) is -4.91. The molecule has 1 rings (SSSR count). The maximum atomic E-state index is 13.1. The minimum atomic E-state index is -4.80. The molecule has 0 saturated carbocycles. The van der Waals surface area contributed by atoms with Crippen LogP contribution in [-0.2, 0) is 15.7 Å². The Bertz CT molecular complexity index is 504. The Balaban J connectivity index is 2.59. The van der Waals surface area contributed by atoms with Crippen LogP contribution < -0.4 is 4.74 Å². The number of hydrogen-bond acceptors (Lipinski definition) is 3. The number of halogens is 4. The van der Waals surface area contributed by atoms with Gasteiger partial charge in [0.05, 0.1) is 18.6 Å². The van der Waals surface area contributed by atoms with Gasteiger partial charge in [-0.1, -0.05) is 0 Å². The third-order valence-corrected chi connectivity index (χ3v) is 2.24. The van der Waals surface area contributed by atoms with E-state index in [-0.39, 0.29) is 18.8 Å². The van der Waals surface area contributed by atoms with E-state index in [9.17, 15) is 22.4 Å². The Morgan fingerprint density at radius 3 is 2.33 bits per heavy atom. The summed E-state index contributed by atoms with van der Waals surface area (Å²) < 4.78 is 60.6. The molecular weight excluding hydrogens is 292 g/mol. The highest BCUT2D eigenvalue weighted by atomic mass is 19.4. The van der Waals surface area contributed by atoms with E-state index in [4.69, 9.17) is 9.47 Å². The van der Waals surface area contributed by atoms with Crippen LogP contribution in [0.5, 0.6) is 5.75 Å². The van der Waals surface area contributed by atoms with E-state index < -0.39 is 29.1 Å². The van der Waals surface area contributed by atoms with Gasteiger partial charge in [0, 0.05) is 0 Å². The van der Waals surface area contributed by atoms with E-state index in [1.54, 1.807) is 20.8 Å². The zero-order valence-corrected chi connectivity index (χ0v) is 11.9. The SMILES string of the molecule is CC(C)(C)OC(=O)CCOc1ccc(F)c(C(F)(F)F)c1. The van der Waals surface area contributed by atoms with Crippen LogP contribution in [0.3, 0.4) is 0 Å². The van der Waals surface area contributed by atoms with E-state index in [0.29, 0.717) is 12.1 Å². The van der Waals surface area contributed by atoms with Crippen LogP contribution in [0.1, 0.15) is 32.8 Å². The van der Waals surface area contributed by atoms with Gasteiger partial charge in [0.1, 0.15) is 17.2 Å². The van der Waals surface area contributed by atoms with Gasteiger partial charge in [0.15, 0.2) is 0 Å². The lowest BCUT2D eigenvalue weighted by atomic mass is 10.2. The van der Waals surface area contributed by atoms with Crippen molar-refractivity contribution in [2.24, 2.45) is 0 Å². The van der Waals surface area contributed by atoms with E-state index in [1.807, 2.05) is 0 Å². The molecule has 0 saturated heterocycles. The predicted molar refractivity (Wildman–Crippen MR) is 67.4 cm³/mol. The maximum Gasteiger partial charge on any atom is 0.419 e. The summed E-state index contributed by atoms with van der Waals surface area (Å²) in [6.45, 7) is 4.93. The van der Waals surface area contributed by atoms with Crippen molar-refractivity contribution in [3.63, 3.8) is 0 Å². The molecule has 1 aromatic carbocycles. The first-order chi connectivity index (χ1) is 9.49. The summed E-state index contributed by atoms with van der Waals surface area (Å²) in [4.78, 5) is 11.4. The van der Waals surface area contributed by atoms with Crippen molar-refractivity contribution >= 4 is 5.97 Å². The van der Waals surface area contributed by atoms with Crippen LogP contribution in [0.15, 0.2) is 18.2 Å². The second-order valence-corrected chi connectivity index (χ2v) is 5.32. The Morgan fingerprint density at radius 2 is 1.81 bits per heavy atom. The number of esters is 1. The summed E-state index contributed by atoms with van der Waals surface area (Å²) in [5.41, 5.74) is -2.05. The predicted octanol–water partition coefficient (Wildman–Crippen LogP) is 3.96. The van der Waals surface area contributed by atoms with Crippen LogP contribution >= 0.6 is 0 Å². The van der Waals surface area contributed by atoms with Gasteiger partial charge in [-0.2, -0.15) is 13.2 Å². The van der Waals surface area contributed by atoms with E-state index in [1.165, 1.54) is 0 Å². The van der Waals surface area contributed by atoms with Gasteiger partial charge in [-0.15, -0.1) is 0 Å². The smallest absolute Gasteiger partial charge is 0.419 e. The van der Waals surface area contributed by atoms with Gasteiger partial charge in [-0.3, -0.25) is 4.79 Å². The van der Waals surface area contributed by atoms with Gasteiger partial charge < -0.3 is 9.47 Å². The van der Waals surface area contributed by atoms with E-state index in [0.717, 1.165) is 6.07 Å². The van der Waals surface area contributed by atoms with Gasteiger partial charge in [0.25, 0.3) is 0 Å². The number of ether oxygens (including phenoxy) is 2. The Hall–Kier alpha value is -1.79. The lowest BCUT2D eigenvalue weighted by Gasteiger charge is -2.19. The first-order valence-electron chi connectivity index (χ1n) is 6.20. The molecule has 7 heteroatoms. The normalized spacial score (nSPS) is 12.1. The van der Waals surface area contributed by atoms with Crippen LogP contribution in [0.25, 0.3) is 0 Å². The molecule has 0 aliphatic heterocycles. The van der Waals surface area contributed by atoms with Gasteiger partial charge >= 0.3 is 12.1 Å². The highest BCUT2D eigenvalue weighted by Gasteiger charge is 2.34. The van der Waals surface area contributed by atoms with Crippen LogP contribution in [0, 0.1) is 5.82 Å². The molecule has 0 heterocycles. The van der Waals surface area contributed by atoms with E-state index >= 15 is 0 Å². The molecule has 0 aliphatic carbocycles. The van der Waals surface area contributed by atoms with Crippen molar-refractivity contribution in [1.29, 1.82) is 0 Å². The molecule has 0 spiro atoms. The minimum absolute atomic E-state index is 0.115. The Labute approximate surface area is 119 Å². The van der Waals surface area contributed by atoms with Crippen molar-refractivity contribution in [3.05, 3.63) is 29.6 Å². The summed E-state index contributed by atoms with van der Waals surface area (Å²) in [7, 11) is 0. The fraction of sp³-hybridized carbons (Fsp3) is 0.500. The number of benzene rings is 1. The molecule has 0 atom stereocenters. The Kier molecular flexibility index (Phi) is 5.20. The molecule has 21 heavy (non-hydrogen) atoms. The van der Waals surface area contributed by atoms with Crippen molar-refractivity contribution in [1.82, 2.24) is 0 Å². The highest BCUT2D eigenvalue weighted by molar-refractivity contribution is 5.69. The molecule has 0 N–H and O–H groups in total. The lowest BCUT2D eigenvalue weighted by molar-refractivity contribution is -0.155. The van der Waals surface area contributed by atoms with Gasteiger partial charge in [-0.05, 0) is 39.0 Å². The molecule has 0 aromatic heterocycles. The molecular formula is C14H16F4O3. The lowest BCUT2D eigenvalue weighted by Crippen LogP contribution is -2.24. The number of carbonyl (C=O) groups excluding carboxylic acids is 1. The summed E-state index contributed by atoms with van der Waals surface area (Å²) in [6, 6.07) is 2.30. The van der Waals surface area contributed by atoms with E-state index in [2.05, 4.69) is 0 Å². The number of carbonyl (C=O) groups is 1. The molecule has 0 bridgehead atoms. The average molecular weight is 308 g/mol. The van der Waals surface area contributed by atoms with Crippen molar-refractivity contribution in [2.45, 2.75) is 39.0 Å². The molecule has 118 valence electrons. The van der Waals surface area contributed by atoms with Gasteiger partial charge in [-0.25, -0.2) is 4.39 Å². The average Bonchev–Trinajstić information content (AvgIpc) is 2.27. The van der Waals surface area contributed by atoms with Crippen LogP contribution in [0.4, 0.5) is 17.6 Å². The minimum Gasteiger partial charge on any atom is -0.493 e. The molecule has 0 fully saturated rings. The Morgan fingerprint density at radius 1 is 1.19 bits per heavy atom. The van der Waals surface area contributed by atoms with Crippen molar-refractivity contribution in [3.8, 4) is 5.75 Å². The largest absolute Gasteiger partial charge is 0.493 e. The van der Waals surface area contributed by atoms with Gasteiger partial charge in [0.2, 0.25) is 0 Å². The molecule has 3 nitrogen and oxygen atoms in total. The molecule has 0 unspecified atom stereocenters. The van der Waals surface area contributed by atoms with Crippen LogP contribution in [-0.4, -0.2) is 18.2 Å². The molecule has 0 aliphatic rings. The fourth-order valence-corrected chi connectivity index (χ4v) is 1.46. The second-order valence-electron chi connectivity index (χ2n) is 5.32. The van der Waals surface area contributed by atoms with Crippen molar-refractivity contribution in [2.75, 3.05) is 6.61 Å². The quantitative estimate of drug-likeness (QED) is 0.624. The summed E-state index contributed by atoms with van der Waals surface area (Å²) in [5.74, 6) is -2.06. The highest BCUT2D eigenvalue weighted by Crippen LogP contribution is 2.33. The maximum absolute atomic E-state index is 13.1. The summed E-state index contributed by atoms with van der Waals surface area (Å²) >= 11 is 0. The second kappa shape index (κ2) is 6.32. The number of rotatable bonds is 4. The monoisotopic (exact) mass is 308 g/mol. The zero-order chi connectivity index (χ0) is 16.3. The fourth-order valence-electron chi connectivity index (χ4n) is 1.46. The van der Waals surface area contributed by atoms with Crippen LogP contribution in [0.2, 0.25) is 0 Å². The topological polar surface area (TPSA) is 35.5 Å². The third-order valence-electron chi connectivity index (χ3n) is 2.24. The standard InChI is InChI=1S/C14H16F4O3/c1-13(2,3)21-12(19)6-7-20-9-4-5-11(15)10(8-9)14(16,17)18/h4-5,8H,6-7H2,1-3H3. The zero-order valence-electron chi connectivity index (χ0n) is 11.9. The van der Waals surface area contributed by atoms with Crippen molar-refractivity contribution < 1.29 is 31.8 Å². The molecule has 0 amide bonds. The molecule has 1 aromatic rings. The molecule has 0 radical (unpaired) electrons. The third kappa shape index (κ3) is 6.01. The summed E-state index contributed by atoms with van der Waals surface area (Å²) in [5, 5.41) is 0. The number of hydrogen-bond donors (Lipinski definition) is 0. The first-order valence-corrected chi connectivity index (χ1v) is 6.20. The number of alkyl halides is 3.